The molecule has 0 saturated heterocycles. The van der Waals surface area contributed by atoms with Gasteiger partial charge in [-0.25, -0.2) is 0 Å². The summed E-state index contributed by atoms with van der Waals surface area (Å²) in [6.45, 7) is 11.5. The second-order valence-corrected chi connectivity index (χ2v) is 4.87. The van der Waals surface area contributed by atoms with Crippen LogP contribution in [0.15, 0.2) is 30.3 Å². The minimum Gasteiger partial charge on any atom is -0.327 e. The molecule has 0 aliphatic carbocycles. The van der Waals surface area contributed by atoms with Gasteiger partial charge in [-0.1, -0.05) is 30.3 Å². The maximum absolute atomic E-state index is 2.30. The van der Waals surface area contributed by atoms with E-state index in [-0.39, 0.29) is 0 Å². The van der Waals surface area contributed by atoms with Crippen molar-refractivity contribution in [3.8, 4) is 0 Å². The first-order chi connectivity index (χ1) is 6.54. The zero-order valence-corrected chi connectivity index (χ0v) is 9.80. The Hall–Kier alpha value is -0.820. The number of rotatable bonds is 3. The molecule has 0 radical (unpaired) electrons. The fourth-order valence-corrected chi connectivity index (χ4v) is 1.76. The molecule has 1 N–H and O–H groups in total. The molecule has 78 valence electrons. The predicted octanol–water partition coefficient (Wildman–Crippen LogP) is 1.89. The molecule has 1 nitrogen and oxygen atoms in total. The fraction of sp³-hybridized carbons (Fsp3) is 0.538. The van der Waals surface area contributed by atoms with E-state index >= 15 is 0 Å². The van der Waals surface area contributed by atoms with Gasteiger partial charge in [0.15, 0.2) is 0 Å². The largest absolute Gasteiger partial charge is 0.327 e. The third-order valence-corrected chi connectivity index (χ3v) is 2.75. The molecule has 1 aromatic rings. The van der Waals surface area contributed by atoms with E-state index in [9.17, 15) is 0 Å². The van der Waals surface area contributed by atoms with Crippen molar-refractivity contribution in [3.05, 3.63) is 35.9 Å². The van der Waals surface area contributed by atoms with Crippen LogP contribution in [0.2, 0.25) is 0 Å². The summed E-state index contributed by atoms with van der Waals surface area (Å²) in [5.41, 5.74) is 1.77. The molecule has 0 spiro atoms. The summed E-state index contributed by atoms with van der Waals surface area (Å²) < 4.78 is 0. The highest BCUT2D eigenvalue weighted by Gasteiger charge is 2.23. The molecule has 0 aliphatic rings. The number of hydrogen-bond donors (Lipinski definition) is 1. The Bertz CT molecular complexity index is 258. The van der Waals surface area contributed by atoms with E-state index in [4.69, 9.17) is 0 Å². The molecule has 0 saturated carbocycles. The average Bonchev–Trinajstić information content (AvgIpc) is 2.14. The summed E-state index contributed by atoms with van der Waals surface area (Å²) in [6, 6.07) is 10.7. The molecule has 0 fully saturated rings. The SMILES string of the molecule is CC[NH+](Cc1ccccc1)C(C)(C)C. The zero-order valence-electron chi connectivity index (χ0n) is 9.80. The minimum absolute atomic E-state index is 0.338. The predicted molar refractivity (Wildman–Crippen MR) is 61.4 cm³/mol. The highest BCUT2D eigenvalue weighted by Crippen LogP contribution is 1.99. The summed E-state index contributed by atoms with van der Waals surface area (Å²) >= 11 is 0. The van der Waals surface area contributed by atoms with E-state index in [1.807, 2.05) is 0 Å². The van der Waals surface area contributed by atoms with Crippen LogP contribution >= 0.6 is 0 Å². The topological polar surface area (TPSA) is 4.44 Å². The Morgan fingerprint density at radius 2 is 1.64 bits per heavy atom. The van der Waals surface area contributed by atoms with Crippen molar-refractivity contribution in [1.29, 1.82) is 0 Å². The molecular formula is C13H22N+. The lowest BCUT2D eigenvalue weighted by Crippen LogP contribution is -3.17. The van der Waals surface area contributed by atoms with Gasteiger partial charge in [-0.2, -0.15) is 0 Å². The Kier molecular flexibility index (Phi) is 3.70. The molecule has 1 unspecified atom stereocenters. The molecule has 0 amide bonds. The third kappa shape index (κ3) is 3.15. The number of hydrogen-bond acceptors (Lipinski definition) is 0. The molecule has 0 bridgehead atoms. The van der Waals surface area contributed by atoms with Gasteiger partial charge in [-0.15, -0.1) is 0 Å². The van der Waals surface area contributed by atoms with Gasteiger partial charge in [0, 0.05) is 5.56 Å². The van der Waals surface area contributed by atoms with E-state index in [0.717, 1.165) is 6.54 Å². The normalized spacial score (nSPS) is 14.0. The van der Waals surface area contributed by atoms with Crippen LogP contribution in [0, 0.1) is 0 Å². The summed E-state index contributed by atoms with van der Waals surface area (Å²) in [5.74, 6) is 0. The van der Waals surface area contributed by atoms with Crippen LogP contribution < -0.4 is 4.90 Å². The molecule has 0 aliphatic heterocycles. The van der Waals surface area contributed by atoms with Crippen molar-refractivity contribution < 1.29 is 4.90 Å². The van der Waals surface area contributed by atoms with Crippen molar-refractivity contribution in [3.63, 3.8) is 0 Å². The molecule has 0 aromatic heterocycles. The molecule has 0 heterocycles. The van der Waals surface area contributed by atoms with Crippen LogP contribution in [0.1, 0.15) is 33.3 Å². The van der Waals surface area contributed by atoms with E-state index in [1.165, 1.54) is 12.1 Å². The Morgan fingerprint density at radius 3 is 2.07 bits per heavy atom. The summed E-state index contributed by atoms with van der Waals surface area (Å²) in [5, 5.41) is 0. The zero-order chi connectivity index (χ0) is 10.6. The van der Waals surface area contributed by atoms with Gasteiger partial charge in [0.1, 0.15) is 6.54 Å². The van der Waals surface area contributed by atoms with E-state index in [2.05, 4.69) is 58.0 Å². The summed E-state index contributed by atoms with van der Waals surface area (Å²) in [7, 11) is 0. The minimum atomic E-state index is 0.338. The van der Waals surface area contributed by atoms with Gasteiger partial charge >= 0.3 is 0 Å². The van der Waals surface area contributed by atoms with E-state index < -0.39 is 0 Å². The molecule has 1 atom stereocenters. The van der Waals surface area contributed by atoms with Crippen molar-refractivity contribution in [2.45, 2.75) is 39.8 Å². The van der Waals surface area contributed by atoms with Crippen molar-refractivity contribution in [2.24, 2.45) is 0 Å². The number of nitrogens with one attached hydrogen (secondary N) is 1. The highest BCUT2D eigenvalue weighted by atomic mass is 15.2. The first kappa shape index (κ1) is 11.3. The first-order valence-corrected chi connectivity index (χ1v) is 5.43. The lowest BCUT2D eigenvalue weighted by Gasteiger charge is -2.31. The molecular weight excluding hydrogens is 170 g/mol. The Morgan fingerprint density at radius 1 is 1.07 bits per heavy atom. The highest BCUT2D eigenvalue weighted by molar-refractivity contribution is 5.13. The lowest BCUT2D eigenvalue weighted by atomic mass is 10.0. The van der Waals surface area contributed by atoms with Crippen molar-refractivity contribution >= 4 is 0 Å². The quantitative estimate of drug-likeness (QED) is 0.746. The molecule has 14 heavy (non-hydrogen) atoms. The fourth-order valence-electron chi connectivity index (χ4n) is 1.76. The molecule has 1 aromatic carbocycles. The maximum atomic E-state index is 2.30. The summed E-state index contributed by atoms with van der Waals surface area (Å²) in [6.07, 6.45) is 0. The smallest absolute Gasteiger partial charge is 0.103 e. The van der Waals surface area contributed by atoms with Crippen LogP contribution in [-0.4, -0.2) is 12.1 Å². The van der Waals surface area contributed by atoms with Crippen molar-refractivity contribution in [2.75, 3.05) is 6.54 Å². The van der Waals surface area contributed by atoms with Gasteiger partial charge in [0.2, 0.25) is 0 Å². The second-order valence-electron chi connectivity index (χ2n) is 4.87. The standard InChI is InChI=1S/C13H21N/c1-5-14(13(2,3)4)11-12-9-7-6-8-10-12/h6-10H,5,11H2,1-4H3/p+1. The van der Waals surface area contributed by atoms with E-state index in [1.54, 1.807) is 4.90 Å². The molecule has 1 heteroatoms. The number of benzene rings is 1. The lowest BCUT2D eigenvalue weighted by molar-refractivity contribution is -0.958. The van der Waals surface area contributed by atoms with Crippen LogP contribution in [0.3, 0.4) is 0 Å². The average molecular weight is 192 g/mol. The first-order valence-electron chi connectivity index (χ1n) is 5.43. The van der Waals surface area contributed by atoms with Crippen LogP contribution in [0.4, 0.5) is 0 Å². The van der Waals surface area contributed by atoms with Gasteiger partial charge in [0.25, 0.3) is 0 Å². The van der Waals surface area contributed by atoms with Gasteiger partial charge in [-0.3, -0.25) is 0 Å². The van der Waals surface area contributed by atoms with Gasteiger partial charge in [-0.05, 0) is 27.7 Å². The van der Waals surface area contributed by atoms with E-state index in [0.29, 0.717) is 5.54 Å². The monoisotopic (exact) mass is 192 g/mol. The summed E-state index contributed by atoms with van der Waals surface area (Å²) in [4.78, 5) is 1.63. The Labute approximate surface area is 87.7 Å². The van der Waals surface area contributed by atoms with Crippen LogP contribution in [0.5, 0.6) is 0 Å². The maximum Gasteiger partial charge on any atom is 0.103 e. The van der Waals surface area contributed by atoms with Gasteiger partial charge < -0.3 is 4.90 Å². The Balaban J connectivity index is 2.67. The van der Waals surface area contributed by atoms with Crippen LogP contribution in [0.25, 0.3) is 0 Å². The molecule has 1 rings (SSSR count). The second kappa shape index (κ2) is 4.61. The van der Waals surface area contributed by atoms with Crippen LogP contribution in [-0.2, 0) is 6.54 Å². The van der Waals surface area contributed by atoms with Gasteiger partial charge in [0.05, 0.1) is 12.1 Å². The third-order valence-electron chi connectivity index (χ3n) is 2.75. The number of quaternary nitrogens is 1. The van der Waals surface area contributed by atoms with Crippen molar-refractivity contribution in [1.82, 2.24) is 0 Å².